The van der Waals surface area contributed by atoms with Crippen molar-refractivity contribution in [1.82, 2.24) is 15.1 Å². The molecule has 4 nitrogen and oxygen atoms in total. The Morgan fingerprint density at radius 2 is 2.18 bits per heavy atom. The van der Waals surface area contributed by atoms with E-state index < -0.39 is 0 Å². The number of H-pyrrole nitrogens is 1. The second kappa shape index (κ2) is 6.53. The lowest BCUT2D eigenvalue weighted by molar-refractivity contribution is 0.266. The molecule has 1 aromatic carbocycles. The molecular weight excluding hydrogens is 387 g/mol. The predicted molar refractivity (Wildman–Crippen MR) is 97.6 cm³/mol. The number of nitrogens with one attached hydrogen (secondary N) is 1. The molecule has 1 aliphatic heterocycles. The molecule has 0 amide bonds. The van der Waals surface area contributed by atoms with Gasteiger partial charge < -0.3 is 4.90 Å². The van der Waals surface area contributed by atoms with Crippen LogP contribution in [-0.4, -0.2) is 25.9 Å². The maximum absolute atomic E-state index is 5.62. The van der Waals surface area contributed by atoms with E-state index in [1.807, 2.05) is 19.3 Å². The number of benzene rings is 1. The van der Waals surface area contributed by atoms with Gasteiger partial charge in [0.2, 0.25) is 0 Å². The zero-order chi connectivity index (χ0) is 15.5. The number of nitrogens with zero attached hydrogens (tertiary/aromatic N) is 3. The molecule has 22 heavy (non-hydrogen) atoms. The van der Waals surface area contributed by atoms with Crippen molar-refractivity contribution >= 4 is 34.7 Å². The highest BCUT2D eigenvalue weighted by molar-refractivity contribution is 14.1. The summed E-state index contributed by atoms with van der Waals surface area (Å²) in [7, 11) is 0. The molecule has 0 aliphatic carbocycles. The van der Waals surface area contributed by atoms with E-state index in [4.69, 9.17) is 6.42 Å². The minimum absolute atomic E-state index is 0.108. The maximum atomic E-state index is 5.62. The number of aromatic nitrogens is 2. The van der Waals surface area contributed by atoms with Crippen molar-refractivity contribution in [3.63, 3.8) is 0 Å². The molecule has 0 saturated heterocycles. The van der Waals surface area contributed by atoms with Gasteiger partial charge in [-0.05, 0) is 12.5 Å². The highest BCUT2D eigenvalue weighted by atomic mass is 127. The molecule has 0 spiro atoms. The van der Waals surface area contributed by atoms with E-state index in [0.29, 0.717) is 6.42 Å². The number of terminal acetylenes is 1. The largest absolute Gasteiger partial charge is 0.346 e. The molecule has 1 N–H and O–H groups in total. The van der Waals surface area contributed by atoms with Crippen molar-refractivity contribution in [2.45, 2.75) is 25.4 Å². The van der Waals surface area contributed by atoms with Crippen LogP contribution < -0.4 is 0 Å². The standard InChI is InChI=1S/C17H17IN4/c1-3-7-14-16-12(2)20-21-17(16)19-11-22(14)15(10-18)13-8-5-4-6-9-13/h1,4-6,8-9,11,14-15H,7,10H2,2H3,(H,20,21). The van der Waals surface area contributed by atoms with Gasteiger partial charge in [0.1, 0.15) is 0 Å². The van der Waals surface area contributed by atoms with Gasteiger partial charge in [0.15, 0.2) is 5.82 Å². The van der Waals surface area contributed by atoms with E-state index in [-0.39, 0.29) is 12.1 Å². The van der Waals surface area contributed by atoms with Crippen LogP contribution in [-0.2, 0) is 0 Å². The van der Waals surface area contributed by atoms with Crippen molar-refractivity contribution < 1.29 is 0 Å². The Morgan fingerprint density at radius 1 is 1.41 bits per heavy atom. The van der Waals surface area contributed by atoms with Gasteiger partial charge in [-0.2, -0.15) is 5.10 Å². The fourth-order valence-electron chi connectivity index (χ4n) is 2.91. The first-order valence-electron chi connectivity index (χ1n) is 7.17. The molecule has 2 heterocycles. The van der Waals surface area contributed by atoms with Gasteiger partial charge in [0, 0.05) is 22.1 Å². The fraction of sp³-hybridized carbons (Fsp3) is 0.294. The van der Waals surface area contributed by atoms with Crippen molar-refractivity contribution in [3.05, 3.63) is 47.2 Å². The summed E-state index contributed by atoms with van der Waals surface area (Å²) in [6, 6.07) is 10.8. The summed E-state index contributed by atoms with van der Waals surface area (Å²) >= 11 is 2.42. The van der Waals surface area contributed by atoms with Gasteiger partial charge in [0.05, 0.1) is 18.4 Å². The third-order valence-electron chi connectivity index (χ3n) is 3.98. The van der Waals surface area contributed by atoms with Crippen LogP contribution in [0.5, 0.6) is 0 Å². The molecule has 5 heteroatoms. The second-order valence-electron chi connectivity index (χ2n) is 5.28. The number of fused-ring (bicyclic) bond motifs is 1. The van der Waals surface area contributed by atoms with Crippen LogP contribution in [0.2, 0.25) is 0 Å². The first-order valence-corrected chi connectivity index (χ1v) is 8.69. The summed E-state index contributed by atoms with van der Waals surface area (Å²) in [5.74, 6) is 3.57. The van der Waals surface area contributed by atoms with Crippen LogP contribution in [0.25, 0.3) is 0 Å². The Kier molecular flexibility index (Phi) is 4.48. The van der Waals surface area contributed by atoms with E-state index in [1.165, 1.54) is 5.56 Å². The van der Waals surface area contributed by atoms with E-state index in [9.17, 15) is 0 Å². The summed E-state index contributed by atoms with van der Waals surface area (Å²) in [6.07, 6.45) is 8.15. The van der Waals surface area contributed by atoms with Crippen LogP contribution in [0.15, 0.2) is 35.3 Å². The monoisotopic (exact) mass is 404 g/mol. The molecule has 0 saturated carbocycles. The molecule has 0 fully saturated rings. The van der Waals surface area contributed by atoms with Crippen LogP contribution in [0.4, 0.5) is 5.82 Å². The molecule has 2 unspecified atom stereocenters. The lowest BCUT2D eigenvalue weighted by Crippen LogP contribution is -2.34. The number of hydrogen-bond acceptors (Lipinski definition) is 3. The molecule has 0 bridgehead atoms. The Morgan fingerprint density at radius 3 is 2.86 bits per heavy atom. The predicted octanol–water partition coefficient (Wildman–Crippen LogP) is 3.93. The molecule has 1 aliphatic rings. The molecular formula is C17H17IN4. The third-order valence-corrected chi connectivity index (χ3v) is 4.82. The maximum Gasteiger partial charge on any atom is 0.180 e. The average molecular weight is 404 g/mol. The summed E-state index contributed by atoms with van der Waals surface area (Å²) in [6.45, 7) is 2.02. The van der Waals surface area contributed by atoms with E-state index in [1.54, 1.807) is 0 Å². The number of halogens is 1. The molecule has 2 aromatic rings. The Labute approximate surface area is 144 Å². The van der Waals surface area contributed by atoms with E-state index in [2.05, 4.69) is 72.9 Å². The van der Waals surface area contributed by atoms with Crippen LogP contribution in [0, 0.1) is 19.3 Å². The van der Waals surface area contributed by atoms with Gasteiger partial charge >= 0.3 is 0 Å². The first-order chi connectivity index (χ1) is 10.8. The number of aryl methyl sites for hydroxylation is 1. The first kappa shape index (κ1) is 15.1. The molecule has 1 aromatic heterocycles. The number of alkyl halides is 1. The van der Waals surface area contributed by atoms with Crippen molar-refractivity contribution in [2.75, 3.05) is 4.43 Å². The van der Waals surface area contributed by atoms with Gasteiger partial charge in [-0.1, -0.05) is 52.9 Å². The van der Waals surface area contributed by atoms with Crippen molar-refractivity contribution in [2.24, 2.45) is 4.99 Å². The molecule has 2 atom stereocenters. The summed E-state index contributed by atoms with van der Waals surface area (Å²) in [4.78, 5) is 6.78. The molecule has 3 rings (SSSR count). The van der Waals surface area contributed by atoms with E-state index >= 15 is 0 Å². The number of rotatable bonds is 4. The zero-order valence-corrected chi connectivity index (χ0v) is 14.5. The minimum atomic E-state index is 0.108. The summed E-state index contributed by atoms with van der Waals surface area (Å²) < 4.78 is 0.959. The van der Waals surface area contributed by atoms with Crippen molar-refractivity contribution in [1.29, 1.82) is 0 Å². The highest BCUT2D eigenvalue weighted by Gasteiger charge is 2.32. The third kappa shape index (κ3) is 2.63. The zero-order valence-electron chi connectivity index (χ0n) is 12.3. The Balaban J connectivity index is 2.02. The highest BCUT2D eigenvalue weighted by Crippen LogP contribution is 2.40. The lowest BCUT2D eigenvalue weighted by atomic mass is 9.97. The van der Waals surface area contributed by atoms with Crippen LogP contribution >= 0.6 is 22.6 Å². The normalized spacial score (nSPS) is 17.9. The van der Waals surface area contributed by atoms with Gasteiger partial charge in [-0.3, -0.25) is 5.10 Å². The van der Waals surface area contributed by atoms with E-state index in [0.717, 1.165) is 21.5 Å². The quantitative estimate of drug-likeness (QED) is 0.477. The van der Waals surface area contributed by atoms with Gasteiger partial charge in [-0.15, -0.1) is 12.3 Å². The Bertz CT molecular complexity index is 714. The molecule has 112 valence electrons. The topological polar surface area (TPSA) is 44.3 Å². The molecule has 0 radical (unpaired) electrons. The second-order valence-corrected chi connectivity index (χ2v) is 6.16. The lowest BCUT2D eigenvalue weighted by Gasteiger charge is -2.37. The Hall–Kier alpha value is -1.81. The number of aromatic amines is 1. The minimum Gasteiger partial charge on any atom is -0.346 e. The average Bonchev–Trinajstić information content (AvgIpc) is 2.93. The van der Waals surface area contributed by atoms with Gasteiger partial charge in [-0.25, -0.2) is 4.99 Å². The SMILES string of the molecule is C#CCC1c2c(n[nH]c2C)N=CN1C(CI)c1ccccc1. The van der Waals surface area contributed by atoms with Gasteiger partial charge in [0.25, 0.3) is 0 Å². The van der Waals surface area contributed by atoms with Crippen molar-refractivity contribution in [3.8, 4) is 12.3 Å². The number of hydrogen-bond donors (Lipinski definition) is 1. The fourth-order valence-corrected chi connectivity index (χ4v) is 3.87. The number of aliphatic imine (C=N–C) groups is 1. The van der Waals surface area contributed by atoms with Crippen LogP contribution in [0.1, 0.15) is 35.3 Å². The smallest absolute Gasteiger partial charge is 0.180 e. The summed E-state index contributed by atoms with van der Waals surface area (Å²) in [5, 5.41) is 7.28. The van der Waals surface area contributed by atoms with Crippen LogP contribution in [0.3, 0.4) is 0 Å². The summed E-state index contributed by atoms with van der Waals surface area (Å²) in [5.41, 5.74) is 3.43.